The third-order valence-electron chi connectivity index (χ3n) is 3.94. The summed E-state index contributed by atoms with van der Waals surface area (Å²) in [6.07, 6.45) is 0. The monoisotopic (exact) mass is 404 g/mol. The zero-order valence-corrected chi connectivity index (χ0v) is 15.2. The van der Waals surface area contributed by atoms with E-state index in [0.717, 1.165) is 0 Å². The first-order valence-electron chi connectivity index (χ1n) is 7.67. The van der Waals surface area contributed by atoms with Crippen molar-refractivity contribution in [2.24, 2.45) is 0 Å². The molecule has 0 aromatic heterocycles. The number of ether oxygens (including phenoxy) is 3. The Balaban J connectivity index is 1.92. The summed E-state index contributed by atoms with van der Waals surface area (Å²) in [5, 5.41) is -0.929. The lowest BCUT2D eigenvalue weighted by atomic mass is 10.1. The molecule has 1 heterocycles. The van der Waals surface area contributed by atoms with Gasteiger partial charge >= 0.3 is 6.61 Å². The van der Waals surface area contributed by atoms with E-state index in [1.165, 1.54) is 43.3 Å². The van der Waals surface area contributed by atoms with E-state index >= 15 is 0 Å². The maximum absolute atomic E-state index is 13.0. The van der Waals surface area contributed by atoms with Crippen LogP contribution in [0.1, 0.15) is 17.7 Å². The van der Waals surface area contributed by atoms with Gasteiger partial charge < -0.3 is 14.2 Å². The Labute approximate surface area is 154 Å². The van der Waals surface area contributed by atoms with Gasteiger partial charge in [-0.1, -0.05) is 23.7 Å². The molecule has 0 aliphatic carbocycles. The van der Waals surface area contributed by atoms with E-state index in [0.29, 0.717) is 30.3 Å². The van der Waals surface area contributed by atoms with Crippen LogP contribution < -0.4 is 14.2 Å². The summed E-state index contributed by atoms with van der Waals surface area (Å²) in [6, 6.07) is 8.18. The smallest absolute Gasteiger partial charge is 0.387 e. The molecule has 0 N–H and O–H groups in total. The van der Waals surface area contributed by atoms with Crippen LogP contribution in [0.3, 0.4) is 0 Å². The van der Waals surface area contributed by atoms with Crippen LogP contribution in [0.25, 0.3) is 0 Å². The molecule has 1 atom stereocenters. The molecule has 0 saturated heterocycles. The van der Waals surface area contributed by atoms with Crippen molar-refractivity contribution in [1.82, 2.24) is 0 Å². The molecule has 9 heteroatoms. The minimum absolute atomic E-state index is 0.0266. The third-order valence-corrected chi connectivity index (χ3v) is 6.52. The number of benzene rings is 2. The van der Waals surface area contributed by atoms with Crippen molar-refractivity contribution in [2.45, 2.75) is 23.7 Å². The lowest BCUT2D eigenvalue weighted by Gasteiger charge is -2.21. The molecule has 0 fully saturated rings. The molecular formula is C17H15ClF2O5S. The highest BCUT2D eigenvalue weighted by Gasteiger charge is 2.29. The zero-order valence-electron chi connectivity index (χ0n) is 13.6. The first-order chi connectivity index (χ1) is 12.3. The Kier molecular flexibility index (Phi) is 5.24. The molecule has 26 heavy (non-hydrogen) atoms. The second-order valence-electron chi connectivity index (χ2n) is 5.56. The van der Waals surface area contributed by atoms with Gasteiger partial charge in [-0.15, -0.1) is 0 Å². The Morgan fingerprint density at radius 2 is 1.65 bits per heavy atom. The number of rotatable bonds is 5. The van der Waals surface area contributed by atoms with Gasteiger partial charge in [-0.25, -0.2) is 8.42 Å². The van der Waals surface area contributed by atoms with Gasteiger partial charge in [-0.2, -0.15) is 8.78 Å². The SMILES string of the molecule is CC(c1ccc(OC(F)F)cc1)S(=O)(=O)c1cc2c(cc1Cl)OCCO2. The van der Waals surface area contributed by atoms with Crippen LogP contribution in [0.4, 0.5) is 8.78 Å². The fraction of sp³-hybridized carbons (Fsp3) is 0.294. The fourth-order valence-electron chi connectivity index (χ4n) is 2.55. The topological polar surface area (TPSA) is 61.8 Å². The predicted molar refractivity (Wildman–Crippen MR) is 91.1 cm³/mol. The number of hydrogen-bond acceptors (Lipinski definition) is 5. The van der Waals surface area contributed by atoms with Gasteiger partial charge in [-0.3, -0.25) is 0 Å². The summed E-state index contributed by atoms with van der Waals surface area (Å²) in [6.45, 7) is -0.780. The molecule has 3 rings (SSSR count). The van der Waals surface area contributed by atoms with Crippen LogP contribution in [-0.4, -0.2) is 28.2 Å². The van der Waals surface area contributed by atoms with Crippen LogP contribution >= 0.6 is 11.6 Å². The quantitative estimate of drug-likeness (QED) is 0.745. The maximum atomic E-state index is 13.0. The normalized spacial score (nSPS) is 15.0. The highest BCUT2D eigenvalue weighted by atomic mass is 35.5. The number of hydrogen-bond donors (Lipinski definition) is 0. The standard InChI is InChI=1S/C17H15ClF2O5S/c1-10(11-2-4-12(5-3-11)25-17(19)20)26(21,22)16-9-15-14(8-13(16)18)23-6-7-24-15/h2-5,8-10,17H,6-7H2,1H3. The molecule has 0 saturated carbocycles. The van der Waals surface area contributed by atoms with Crippen LogP contribution in [0, 0.1) is 0 Å². The van der Waals surface area contributed by atoms with E-state index in [4.69, 9.17) is 21.1 Å². The lowest BCUT2D eigenvalue weighted by Crippen LogP contribution is -2.17. The summed E-state index contributed by atoms with van der Waals surface area (Å²) in [4.78, 5) is -0.0798. The van der Waals surface area contributed by atoms with Crippen LogP contribution in [0.5, 0.6) is 17.2 Å². The van der Waals surface area contributed by atoms with Gasteiger partial charge in [0.2, 0.25) is 0 Å². The highest BCUT2D eigenvalue weighted by molar-refractivity contribution is 7.91. The summed E-state index contributed by atoms with van der Waals surface area (Å²) in [5.41, 5.74) is 0.414. The average molecular weight is 405 g/mol. The van der Waals surface area contributed by atoms with Crippen molar-refractivity contribution < 1.29 is 31.4 Å². The minimum Gasteiger partial charge on any atom is -0.486 e. The van der Waals surface area contributed by atoms with Crippen molar-refractivity contribution in [2.75, 3.05) is 13.2 Å². The third kappa shape index (κ3) is 3.71. The van der Waals surface area contributed by atoms with Gasteiger partial charge in [0.25, 0.3) is 0 Å². The Morgan fingerprint density at radius 3 is 2.23 bits per heavy atom. The van der Waals surface area contributed by atoms with E-state index in [1.54, 1.807) is 0 Å². The van der Waals surface area contributed by atoms with Gasteiger partial charge in [0.1, 0.15) is 19.0 Å². The first-order valence-corrected chi connectivity index (χ1v) is 9.59. The Hall–Kier alpha value is -2.06. The molecule has 1 aliphatic heterocycles. The molecule has 2 aromatic rings. The largest absolute Gasteiger partial charge is 0.486 e. The van der Waals surface area contributed by atoms with Gasteiger partial charge in [-0.05, 0) is 24.6 Å². The number of halogens is 3. The molecule has 1 aliphatic rings. The predicted octanol–water partition coefficient (Wildman–Crippen LogP) is 4.25. The van der Waals surface area contributed by atoms with Gasteiger partial charge in [0, 0.05) is 12.1 Å². The lowest BCUT2D eigenvalue weighted by molar-refractivity contribution is -0.0498. The van der Waals surface area contributed by atoms with Crippen LogP contribution in [-0.2, 0) is 9.84 Å². The number of alkyl halides is 2. The molecule has 140 valence electrons. The first kappa shape index (κ1) is 18.7. The molecule has 2 aromatic carbocycles. The average Bonchev–Trinajstić information content (AvgIpc) is 2.60. The minimum atomic E-state index is -3.85. The summed E-state index contributed by atoms with van der Waals surface area (Å²) >= 11 is 6.14. The van der Waals surface area contributed by atoms with E-state index < -0.39 is 21.7 Å². The number of fused-ring (bicyclic) bond motifs is 1. The molecule has 0 bridgehead atoms. The second-order valence-corrected chi connectivity index (χ2v) is 8.21. The molecule has 0 spiro atoms. The molecular weight excluding hydrogens is 390 g/mol. The van der Waals surface area contributed by atoms with Crippen molar-refractivity contribution in [3.63, 3.8) is 0 Å². The van der Waals surface area contributed by atoms with Crippen molar-refractivity contribution in [1.29, 1.82) is 0 Å². The van der Waals surface area contributed by atoms with Gasteiger partial charge in [0.05, 0.1) is 15.2 Å². The van der Waals surface area contributed by atoms with E-state index in [2.05, 4.69) is 4.74 Å². The van der Waals surface area contributed by atoms with E-state index in [-0.39, 0.29) is 15.7 Å². The zero-order chi connectivity index (χ0) is 18.9. The van der Waals surface area contributed by atoms with Crippen molar-refractivity contribution in [3.8, 4) is 17.2 Å². The van der Waals surface area contributed by atoms with Crippen molar-refractivity contribution >= 4 is 21.4 Å². The van der Waals surface area contributed by atoms with E-state index in [9.17, 15) is 17.2 Å². The second kappa shape index (κ2) is 7.28. The van der Waals surface area contributed by atoms with Crippen LogP contribution in [0.15, 0.2) is 41.3 Å². The summed E-state index contributed by atoms with van der Waals surface area (Å²) in [7, 11) is -3.85. The molecule has 0 radical (unpaired) electrons. The van der Waals surface area contributed by atoms with Crippen LogP contribution in [0.2, 0.25) is 5.02 Å². The number of sulfone groups is 1. The Morgan fingerprint density at radius 1 is 1.08 bits per heavy atom. The highest BCUT2D eigenvalue weighted by Crippen LogP contribution is 2.40. The van der Waals surface area contributed by atoms with Gasteiger partial charge in [0.15, 0.2) is 21.3 Å². The maximum Gasteiger partial charge on any atom is 0.387 e. The summed E-state index contributed by atoms with van der Waals surface area (Å²) in [5.74, 6) is 0.652. The molecule has 5 nitrogen and oxygen atoms in total. The fourth-order valence-corrected chi connectivity index (χ4v) is 4.53. The van der Waals surface area contributed by atoms with Crippen molar-refractivity contribution in [3.05, 3.63) is 47.0 Å². The Bertz CT molecular complexity index is 900. The molecule has 0 amide bonds. The summed E-state index contributed by atoms with van der Waals surface area (Å²) < 4.78 is 65.4. The molecule has 1 unspecified atom stereocenters. The van der Waals surface area contributed by atoms with E-state index in [1.807, 2.05) is 0 Å².